The zero-order valence-corrected chi connectivity index (χ0v) is 8.31. The van der Waals surface area contributed by atoms with Crippen molar-refractivity contribution in [1.82, 2.24) is 0 Å². The van der Waals surface area contributed by atoms with Gasteiger partial charge in [-0.25, -0.2) is 4.39 Å². The van der Waals surface area contributed by atoms with Crippen LogP contribution in [0.1, 0.15) is 23.7 Å². The molecular formula is C11H12FNO2. The highest BCUT2D eigenvalue weighted by Crippen LogP contribution is 2.22. The van der Waals surface area contributed by atoms with Gasteiger partial charge in [-0.05, 0) is 13.0 Å². The van der Waals surface area contributed by atoms with E-state index < -0.39 is 18.0 Å². The quantitative estimate of drug-likeness (QED) is 0.791. The first-order valence-corrected chi connectivity index (χ1v) is 4.55. The van der Waals surface area contributed by atoms with Gasteiger partial charge in [0.25, 0.3) is 0 Å². The Hall–Kier alpha value is -1.44. The molecule has 2 N–H and O–H groups in total. The fourth-order valence-electron chi connectivity index (χ4n) is 1.30. The summed E-state index contributed by atoms with van der Waals surface area (Å²) in [7, 11) is 0. The minimum atomic E-state index is -1.36. The molecule has 80 valence electrons. The molecule has 0 heterocycles. The third kappa shape index (κ3) is 2.75. The maximum Gasteiger partial charge on any atom is 0.129 e. The maximum atomic E-state index is 13.3. The molecule has 0 aromatic heterocycles. The van der Waals surface area contributed by atoms with Crippen molar-refractivity contribution in [2.24, 2.45) is 0 Å². The predicted molar refractivity (Wildman–Crippen MR) is 52.3 cm³/mol. The number of aliphatic hydroxyl groups is 2. The van der Waals surface area contributed by atoms with Crippen LogP contribution in [-0.2, 0) is 0 Å². The van der Waals surface area contributed by atoms with Crippen molar-refractivity contribution in [2.75, 3.05) is 0 Å². The SMILES string of the molecule is Cc1ccc(F)c(C(O)C(O)CC#N)c1. The molecule has 1 aromatic carbocycles. The molecule has 15 heavy (non-hydrogen) atoms. The summed E-state index contributed by atoms with van der Waals surface area (Å²) in [6, 6.07) is 5.98. The van der Waals surface area contributed by atoms with E-state index in [2.05, 4.69) is 0 Å². The van der Waals surface area contributed by atoms with E-state index in [0.29, 0.717) is 0 Å². The molecule has 0 spiro atoms. The Morgan fingerprint density at radius 2 is 2.13 bits per heavy atom. The molecule has 1 aromatic rings. The zero-order chi connectivity index (χ0) is 11.4. The van der Waals surface area contributed by atoms with Gasteiger partial charge in [0.15, 0.2) is 0 Å². The van der Waals surface area contributed by atoms with Gasteiger partial charge in [0.2, 0.25) is 0 Å². The van der Waals surface area contributed by atoms with Crippen LogP contribution in [0.2, 0.25) is 0 Å². The van der Waals surface area contributed by atoms with Gasteiger partial charge in [0.1, 0.15) is 11.9 Å². The molecule has 0 bridgehead atoms. The highest BCUT2D eigenvalue weighted by Gasteiger charge is 2.21. The molecule has 4 heteroatoms. The maximum absolute atomic E-state index is 13.3. The normalized spacial score (nSPS) is 14.3. The summed E-state index contributed by atoms with van der Waals surface area (Å²) < 4.78 is 13.3. The van der Waals surface area contributed by atoms with Crippen molar-refractivity contribution >= 4 is 0 Å². The third-order valence-corrected chi connectivity index (χ3v) is 2.14. The van der Waals surface area contributed by atoms with Crippen LogP contribution in [-0.4, -0.2) is 16.3 Å². The minimum Gasteiger partial charge on any atom is -0.389 e. The summed E-state index contributed by atoms with van der Waals surface area (Å²) in [6.45, 7) is 1.76. The lowest BCUT2D eigenvalue weighted by molar-refractivity contribution is 0.0195. The Kier molecular flexibility index (Phi) is 3.78. The molecule has 0 aliphatic carbocycles. The summed E-state index contributed by atoms with van der Waals surface area (Å²) in [5.41, 5.74) is 0.812. The Balaban J connectivity index is 2.95. The van der Waals surface area contributed by atoms with Crippen LogP contribution in [0, 0.1) is 24.1 Å². The standard InChI is InChI=1S/C11H12FNO2/c1-7-2-3-9(12)8(6-7)11(15)10(14)4-5-13/h2-3,6,10-11,14-15H,4H2,1H3. The van der Waals surface area contributed by atoms with E-state index in [1.165, 1.54) is 12.1 Å². The third-order valence-electron chi connectivity index (χ3n) is 2.14. The topological polar surface area (TPSA) is 64.2 Å². The second kappa shape index (κ2) is 4.87. The van der Waals surface area contributed by atoms with Gasteiger partial charge in [-0.3, -0.25) is 0 Å². The van der Waals surface area contributed by atoms with Crippen LogP contribution in [0.5, 0.6) is 0 Å². The molecule has 0 saturated heterocycles. The second-order valence-corrected chi connectivity index (χ2v) is 3.40. The lowest BCUT2D eigenvalue weighted by Crippen LogP contribution is -2.18. The Morgan fingerprint density at radius 1 is 1.47 bits per heavy atom. The predicted octanol–water partition coefficient (Wildman–Crippen LogP) is 1.44. The Bertz CT molecular complexity index is 387. The summed E-state index contributed by atoms with van der Waals surface area (Å²) in [6.07, 6.45) is -2.84. The van der Waals surface area contributed by atoms with Gasteiger partial charge < -0.3 is 10.2 Å². The first kappa shape index (κ1) is 11.6. The molecule has 2 atom stereocenters. The van der Waals surface area contributed by atoms with Crippen LogP contribution in [0.25, 0.3) is 0 Å². The highest BCUT2D eigenvalue weighted by molar-refractivity contribution is 5.26. The van der Waals surface area contributed by atoms with Crippen LogP contribution in [0.15, 0.2) is 18.2 Å². The second-order valence-electron chi connectivity index (χ2n) is 3.40. The van der Waals surface area contributed by atoms with Crippen LogP contribution < -0.4 is 0 Å². The molecule has 0 fully saturated rings. The minimum absolute atomic E-state index is 0.0257. The van der Waals surface area contributed by atoms with Gasteiger partial charge in [-0.1, -0.05) is 17.7 Å². The van der Waals surface area contributed by atoms with Crippen molar-refractivity contribution < 1.29 is 14.6 Å². The summed E-state index contributed by atoms with van der Waals surface area (Å²) in [4.78, 5) is 0. The molecule has 3 nitrogen and oxygen atoms in total. The summed E-state index contributed by atoms with van der Waals surface area (Å²) >= 11 is 0. The van der Waals surface area contributed by atoms with E-state index in [4.69, 9.17) is 5.26 Å². The molecule has 0 amide bonds. The van der Waals surface area contributed by atoms with Gasteiger partial charge in [0, 0.05) is 5.56 Å². The summed E-state index contributed by atoms with van der Waals surface area (Å²) in [5, 5.41) is 27.3. The van der Waals surface area contributed by atoms with Crippen molar-refractivity contribution in [3.8, 4) is 6.07 Å². The highest BCUT2D eigenvalue weighted by atomic mass is 19.1. The van der Waals surface area contributed by atoms with E-state index in [1.807, 2.05) is 0 Å². The molecular weight excluding hydrogens is 197 g/mol. The van der Waals surface area contributed by atoms with Crippen molar-refractivity contribution in [3.63, 3.8) is 0 Å². The van der Waals surface area contributed by atoms with Crippen LogP contribution in [0.4, 0.5) is 4.39 Å². The smallest absolute Gasteiger partial charge is 0.129 e. The number of nitriles is 1. The molecule has 0 aliphatic rings. The number of aryl methyl sites for hydroxylation is 1. The average Bonchev–Trinajstić information content (AvgIpc) is 2.21. The van der Waals surface area contributed by atoms with Gasteiger partial charge in [-0.15, -0.1) is 0 Å². The summed E-state index contributed by atoms with van der Waals surface area (Å²) in [5.74, 6) is -0.579. The number of benzene rings is 1. The molecule has 1 rings (SSSR count). The van der Waals surface area contributed by atoms with Gasteiger partial charge in [-0.2, -0.15) is 5.26 Å². The number of hydrogen-bond acceptors (Lipinski definition) is 3. The van der Waals surface area contributed by atoms with Crippen molar-refractivity contribution in [3.05, 3.63) is 35.1 Å². The molecule has 0 aliphatic heterocycles. The lowest BCUT2D eigenvalue weighted by Gasteiger charge is -2.16. The van der Waals surface area contributed by atoms with E-state index >= 15 is 0 Å². The molecule has 2 unspecified atom stereocenters. The number of aliphatic hydroxyl groups excluding tert-OH is 2. The van der Waals surface area contributed by atoms with Gasteiger partial charge in [0.05, 0.1) is 18.6 Å². The molecule has 0 saturated carbocycles. The van der Waals surface area contributed by atoms with E-state index in [-0.39, 0.29) is 12.0 Å². The largest absolute Gasteiger partial charge is 0.389 e. The van der Waals surface area contributed by atoms with Crippen LogP contribution in [0.3, 0.4) is 0 Å². The fourth-order valence-corrected chi connectivity index (χ4v) is 1.30. The monoisotopic (exact) mass is 209 g/mol. The number of halogens is 1. The van der Waals surface area contributed by atoms with Crippen molar-refractivity contribution in [2.45, 2.75) is 25.6 Å². The average molecular weight is 209 g/mol. The van der Waals surface area contributed by atoms with E-state index in [1.54, 1.807) is 19.1 Å². The fraction of sp³-hybridized carbons (Fsp3) is 0.364. The first-order valence-electron chi connectivity index (χ1n) is 4.55. The zero-order valence-electron chi connectivity index (χ0n) is 8.31. The number of nitrogens with zero attached hydrogens (tertiary/aromatic N) is 1. The lowest BCUT2D eigenvalue weighted by atomic mass is 10.0. The molecule has 0 radical (unpaired) electrons. The van der Waals surface area contributed by atoms with Crippen molar-refractivity contribution in [1.29, 1.82) is 5.26 Å². The Labute approximate surface area is 87.4 Å². The van der Waals surface area contributed by atoms with E-state index in [9.17, 15) is 14.6 Å². The van der Waals surface area contributed by atoms with Gasteiger partial charge >= 0.3 is 0 Å². The first-order chi connectivity index (χ1) is 7.06. The number of hydrogen-bond donors (Lipinski definition) is 2. The Morgan fingerprint density at radius 3 is 2.73 bits per heavy atom. The van der Waals surface area contributed by atoms with E-state index in [0.717, 1.165) is 5.56 Å². The number of rotatable bonds is 3. The van der Waals surface area contributed by atoms with Crippen LogP contribution >= 0.6 is 0 Å².